The van der Waals surface area contributed by atoms with E-state index in [1.165, 1.54) is 0 Å². The molecule has 0 aliphatic carbocycles. The molecule has 0 radical (unpaired) electrons. The third-order valence-corrected chi connectivity index (χ3v) is 3.35. The summed E-state index contributed by atoms with van der Waals surface area (Å²) in [6.07, 6.45) is 5.74. The van der Waals surface area contributed by atoms with E-state index in [9.17, 15) is 4.79 Å². The first-order valence-electron chi connectivity index (χ1n) is 7.61. The summed E-state index contributed by atoms with van der Waals surface area (Å²) < 4.78 is 0. The molecule has 23 heavy (non-hydrogen) atoms. The highest BCUT2D eigenvalue weighted by atomic mass is 16.2. The van der Waals surface area contributed by atoms with Crippen molar-refractivity contribution in [2.45, 2.75) is 32.6 Å². The lowest BCUT2D eigenvalue weighted by Gasteiger charge is -2.19. The number of carbonyl (C=O) groups is 1. The lowest BCUT2D eigenvalue weighted by atomic mass is 9.96. The second-order valence-electron chi connectivity index (χ2n) is 6.47. The van der Waals surface area contributed by atoms with Crippen LogP contribution in [0.1, 0.15) is 32.3 Å². The highest BCUT2D eigenvalue weighted by Gasteiger charge is 2.17. The first-order chi connectivity index (χ1) is 10.9. The summed E-state index contributed by atoms with van der Waals surface area (Å²) in [5.41, 5.74) is 1.44. The van der Waals surface area contributed by atoms with Crippen LogP contribution in [0.15, 0.2) is 36.8 Å². The predicted octanol–water partition coefficient (Wildman–Crippen LogP) is 2.88. The normalized spacial score (nSPS) is 11.1. The number of nitrogens with one attached hydrogen (secondary N) is 1. The molecule has 0 spiro atoms. The third kappa shape index (κ3) is 5.02. The fourth-order valence-electron chi connectivity index (χ4n) is 1.93. The Labute approximate surface area is 137 Å². The number of hydrogen-bond acceptors (Lipinski definition) is 4. The van der Waals surface area contributed by atoms with Gasteiger partial charge in [0.1, 0.15) is 5.82 Å². The summed E-state index contributed by atoms with van der Waals surface area (Å²) >= 11 is 0. The molecule has 0 atom stereocenters. The van der Waals surface area contributed by atoms with Gasteiger partial charge in [-0.3, -0.25) is 4.98 Å². The predicted molar refractivity (Wildman–Crippen MR) is 90.3 cm³/mol. The summed E-state index contributed by atoms with van der Waals surface area (Å²) in [5, 5.41) is 2.80. The second kappa shape index (κ2) is 7.17. The zero-order valence-electron chi connectivity index (χ0n) is 14.1. The van der Waals surface area contributed by atoms with Crippen LogP contribution in [0.3, 0.4) is 0 Å². The molecule has 2 aromatic rings. The second-order valence-corrected chi connectivity index (χ2v) is 6.47. The Morgan fingerprint density at radius 2 is 1.87 bits per heavy atom. The molecule has 0 aliphatic rings. The average Bonchev–Trinajstić information content (AvgIpc) is 2.53. The maximum atomic E-state index is 12.2. The Hall–Kier alpha value is -2.50. The van der Waals surface area contributed by atoms with E-state index in [0.717, 1.165) is 11.5 Å². The molecule has 0 unspecified atom stereocenters. The molecule has 0 aliphatic heterocycles. The monoisotopic (exact) mass is 313 g/mol. The van der Waals surface area contributed by atoms with Gasteiger partial charge in [-0.1, -0.05) is 26.8 Å². The van der Waals surface area contributed by atoms with Crippen molar-refractivity contribution in [3.05, 3.63) is 48.3 Å². The Balaban J connectivity index is 1.88. The summed E-state index contributed by atoms with van der Waals surface area (Å²) in [5.74, 6) is 0.749. The van der Waals surface area contributed by atoms with Crippen LogP contribution in [-0.2, 0) is 11.8 Å². The highest BCUT2D eigenvalue weighted by molar-refractivity contribution is 5.88. The molecule has 0 bridgehead atoms. The van der Waals surface area contributed by atoms with Crippen LogP contribution >= 0.6 is 0 Å². The quantitative estimate of drug-likeness (QED) is 0.942. The molecule has 2 rings (SSSR count). The van der Waals surface area contributed by atoms with E-state index in [0.29, 0.717) is 18.7 Å². The van der Waals surface area contributed by atoms with Gasteiger partial charge >= 0.3 is 6.03 Å². The largest absolute Gasteiger partial charge is 0.327 e. The van der Waals surface area contributed by atoms with Gasteiger partial charge in [-0.2, -0.15) is 0 Å². The van der Waals surface area contributed by atoms with Gasteiger partial charge < -0.3 is 10.2 Å². The number of anilines is 1. The highest BCUT2D eigenvalue weighted by Crippen LogP contribution is 2.18. The zero-order chi connectivity index (χ0) is 16.9. The van der Waals surface area contributed by atoms with Gasteiger partial charge in [0.05, 0.1) is 18.1 Å². The van der Waals surface area contributed by atoms with Gasteiger partial charge in [-0.05, 0) is 12.1 Å². The molecule has 2 heterocycles. The molecule has 0 aromatic carbocycles. The fraction of sp³-hybridized carbons (Fsp3) is 0.412. The maximum Gasteiger partial charge on any atom is 0.321 e. The van der Waals surface area contributed by atoms with Crippen molar-refractivity contribution in [2.24, 2.45) is 0 Å². The van der Waals surface area contributed by atoms with Gasteiger partial charge in [0.2, 0.25) is 0 Å². The van der Waals surface area contributed by atoms with E-state index in [-0.39, 0.29) is 11.4 Å². The van der Waals surface area contributed by atoms with E-state index in [2.05, 4.69) is 20.3 Å². The van der Waals surface area contributed by atoms with E-state index in [1.54, 1.807) is 30.5 Å². The van der Waals surface area contributed by atoms with Crippen molar-refractivity contribution < 1.29 is 4.79 Å². The smallest absolute Gasteiger partial charge is 0.321 e. The number of rotatable bonds is 4. The molecular formula is C17H23N5O. The van der Waals surface area contributed by atoms with Crippen LogP contribution in [0.2, 0.25) is 0 Å². The van der Waals surface area contributed by atoms with Crippen molar-refractivity contribution in [1.29, 1.82) is 0 Å². The molecular weight excluding hydrogens is 290 g/mol. The van der Waals surface area contributed by atoms with Gasteiger partial charge in [0.15, 0.2) is 0 Å². The van der Waals surface area contributed by atoms with Crippen LogP contribution in [0.5, 0.6) is 0 Å². The Bertz CT molecular complexity index is 634. The van der Waals surface area contributed by atoms with Crippen LogP contribution < -0.4 is 5.32 Å². The lowest BCUT2D eigenvalue weighted by molar-refractivity contribution is 0.223. The number of amides is 2. The van der Waals surface area contributed by atoms with E-state index in [1.807, 2.05) is 39.0 Å². The summed E-state index contributed by atoms with van der Waals surface area (Å²) in [4.78, 5) is 26.6. The maximum absolute atomic E-state index is 12.2. The SMILES string of the molecule is CN(CCc1ccccn1)C(=O)Nc1cnc(C(C)(C)C)nc1. The van der Waals surface area contributed by atoms with Gasteiger partial charge in [0.25, 0.3) is 0 Å². The Morgan fingerprint density at radius 1 is 1.17 bits per heavy atom. The standard InChI is InChI=1S/C17H23N5O/c1-17(2,3)15-19-11-14(12-20-15)21-16(23)22(4)10-8-13-7-5-6-9-18-13/h5-7,9,11-12H,8,10H2,1-4H3,(H,21,23). The Morgan fingerprint density at radius 3 is 2.43 bits per heavy atom. The zero-order valence-corrected chi connectivity index (χ0v) is 14.1. The topological polar surface area (TPSA) is 71.0 Å². The van der Waals surface area contributed by atoms with Crippen molar-refractivity contribution in [2.75, 3.05) is 18.9 Å². The number of urea groups is 1. The van der Waals surface area contributed by atoms with Crippen molar-refractivity contribution in [3.8, 4) is 0 Å². The summed E-state index contributed by atoms with van der Waals surface area (Å²) in [7, 11) is 1.75. The molecule has 1 N–H and O–H groups in total. The first-order valence-corrected chi connectivity index (χ1v) is 7.61. The number of carbonyl (C=O) groups excluding carboxylic acids is 1. The van der Waals surface area contributed by atoms with Gasteiger partial charge in [-0.15, -0.1) is 0 Å². The van der Waals surface area contributed by atoms with Crippen molar-refractivity contribution in [3.63, 3.8) is 0 Å². The number of likely N-dealkylation sites (N-methyl/N-ethyl adjacent to an activating group) is 1. The minimum absolute atomic E-state index is 0.109. The lowest BCUT2D eigenvalue weighted by Crippen LogP contribution is -2.33. The number of aromatic nitrogens is 3. The Kier molecular flexibility index (Phi) is 5.26. The molecule has 0 saturated carbocycles. The van der Waals surface area contributed by atoms with Crippen molar-refractivity contribution in [1.82, 2.24) is 19.9 Å². The first kappa shape index (κ1) is 16.9. The molecule has 2 amide bonds. The minimum atomic E-state index is -0.187. The van der Waals surface area contributed by atoms with E-state index < -0.39 is 0 Å². The van der Waals surface area contributed by atoms with Gasteiger partial charge in [0, 0.05) is 37.3 Å². The van der Waals surface area contributed by atoms with Gasteiger partial charge in [-0.25, -0.2) is 14.8 Å². The van der Waals surface area contributed by atoms with Crippen LogP contribution in [0.4, 0.5) is 10.5 Å². The summed E-state index contributed by atoms with van der Waals surface area (Å²) in [6.45, 7) is 6.73. The van der Waals surface area contributed by atoms with Crippen LogP contribution in [-0.4, -0.2) is 39.5 Å². The molecule has 6 nitrogen and oxygen atoms in total. The average molecular weight is 313 g/mol. The summed E-state index contributed by atoms with van der Waals surface area (Å²) in [6, 6.07) is 5.58. The fourth-order valence-corrected chi connectivity index (χ4v) is 1.93. The van der Waals surface area contributed by atoms with E-state index >= 15 is 0 Å². The molecule has 6 heteroatoms. The number of pyridine rings is 1. The minimum Gasteiger partial charge on any atom is -0.327 e. The van der Waals surface area contributed by atoms with E-state index in [4.69, 9.17) is 0 Å². The number of hydrogen-bond donors (Lipinski definition) is 1. The van der Waals surface area contributed by atoms with Crippen molar-refractivity contribution >= 4 is 11.7 Å². The van der Waals surface area contributed by atoms with Crippen LogP contribution in [0.25, 0.3) is 0 Å². The molecule has 2 aromatic heterocycles. The van der Waals surface area contributed by atoms with Crippen LogP contribution in [0, 0.1) is 0 Å². The molecule has 0 saturated heterocycles. The third-order valence-electron chi connectivity index (χ3n) is 3.35. The molecule has 0 fully saturated rings. The number of nitrogens with zero attached hydrogens (tertiary/aromatic N) is 4. The molecule has 122 valence electrons.